The second-order valence-corrected chi connectivity index (χ2v) is 5.41. The van der Waals surface area contributed by atoms with Gasteiger partial charge in [0, 0.05) is 6.54 Å². The van der Waals surface area contributed by atoms with Crippen LogP contribution in [0.5, 0.6) is 5.75 Å². The van der Waals surface area contributed by atoms with E-state index >= 15 is 0 Å². The summed E-state index contributed by atoms with van der Waals surface area (Å²) in [5.41, 5.74) is 1.14. The maximum atomic E-state index is 11.7. The zero-order chi connectivity index (χ0) is 13.5. The molecule has 0 bridgehead atoms. The zero-order valence-electron chi connectivity index (χ0n) is 11.7. The van der Waals surface area contributed by atoms with Crippen LogP contribution in [0.25, 0.3) is 0 Å². The third-order valence-electron chi connectivity index (χ3n) is 3.67. The second-order valence-electron chi connectivity index (χ2n) is 5.41. The third kappa shape index (κ3) is 4.93. The summed E-state index contributed by atoms with van der Waals surface area (Å²) in [6.07, 6.45) is 6.46. The molecule has 0 radical (unpaired) electrons. The van der Waals surface area contributed by atoms with Gasteiger partial charge in [-0.05, 0) is 43.4 Å². The molecule has 1 saturated carbocycles. The topological polar surface area (TPSA) is 38.3 Å². The van der Waals surface area contributed by atoms with Gasteiger partial charge in [-0.3, -0.25) is 4.79 Å². The van der Waals surface area contributed by atoms with Gasteiger partial charge < -0.3 is 10.1 Å². The molecule has 0 heterocycles. The average Bonchev–Trinajstić information content (AvgIpc) is 2.44. The third-order valence-corrected chi connectivity index (χ3v) is 3.67. The Morgan fingerprint density at radius 2 is 2.11 bits per heavy atom. The van der Waals surface area contributed by atoms with Gasteiger partial charge in [-0.25, -0.2) is 0 Å². The van der Waals surface area contributed by atoms with E-state index in [1.165, 1.54) is 32.1 Å². The molecule has 0 saturated heterocycles. The molecule has 1 N–H and O–H groups in total. The van der Waals surface area contributed by atoms with Gasteiger partial charge in [-0.1, -0.05) is 31.4 Å². The molecule has 19 heavy (non-hydrogen) atoms. The summed E-state index contributed by atoms with van der Waals surface area (Å²) in [7, 11) is 0. The Morgan fingerprint density at radius 3 is 2.84 bits per heavy atom. The zero-order valence-corrected chi connectivity index (χ0v) is 11.7. The lowest BCUT2D eigenvalue weighted by molar-refractivity contribution is -0.123. The van der Waals surface area contributed by atoms with Gasteiger partial charge in [0.1, 0.15) is 5.75 Å². The van der Waals surface area contributed by atoms with Crippen LogP contribution < -0.4 is 10.1 Å². The number of hydrogen-bond donors (Lipinski definition) is 1. The number of carbonyl (C=O) groups excluding carboxylic acids is 1. The Balaban J connectivity index is 1.66. The maximum absolute atomic E-state index is 11.7. The predicted molar refractivity (Wildman–Crippen MR) is 76.3 cm³/mol. The summed E-state index contributed by atoms with van der Waals surface area (Å²) >= 11 is 0. The number of amides is 1. The molecule has 3 nitrogen and oxygen atoms in total. The number of rotatable bonds is 5. The van der Waals surface area contributed by atoms with E-state index < -0.39 is 0 Å². The SMILES string of the molecule is Cc1cccc(OCC(=O)NCC2CCCCC2)c1. The van der Waals surface area contributed by atoms with Crippen molar-refractivity contribution in [3.63, 3.8) is 0 Å². The van der Waals surface area contributed by atoms with E-state index in [4.69, 9.17) is 4.74 Å². The number of ether oxygens (including phenoxy) is 1. The van der Waals surface area contributed by atoms with Gasteiger partial charge >= 0.3 is 0 Å². The van der Waals surface area contributed by atoms with Crippen LogP contribution in [0.2, 0.25) is 0 Å². The minimum atomic E-state index is -0.0212. The van der Waals surface area contributed by atoms with Crippen LogP contribution in [-0.4, -0.2) is 19.1 Å². The number of benzene rings is 1. The number of nitrogens with one attached hydrogen (secondary N) is 1. The molecule has 0 aliphatic heterocycles. The van der Waals surface area contributed by atoms with E-state index in [2.05, 4.69) is 5.32 Å². The Morgan fingerprint density at radius 1 is 1.32 bits per heavy atom. The monoisotopic (exact) mass is 261 g/mol. The smallest absolute Gasteiger partial charge is 0.257 e. The molecule has 2 rings (SSSR count). The first kappa shape index (κ1) is 13.9. The molecular weight excluding hydrogens is 238 g/mol. The van der Waals surface area contributed by atoms with Crippen LogP contribution in [-0.2, 0) is 4.79 Å². The van der Waals surface area contributed by atoms with Crippen LogP contribution in [0, 0.1) is 12.8 Å². The highest BCUT2D eigenvalue weighted by Crippen LogP contribution is 2.22. The van der Waals surface area contributed by atoms with Crippen LogP contribution in [0.15, 0.2) is 24.3 Å². The largest absolute Gasteiger partial charge is 0.484 e. The van der Waals surface area contributed by atoms with E-state index in [-0.39, 0.29) is 12.5 Å². The van der Waals surface area contributed by atoms with Gasteiger partial charge in [0.15, 0.2) is 6.61 Å². The Hall–Kier alpha value is -1.51. The van der Waals surface area contributed by atoms with Crippen molar-refractivity contribution in [1.29, 1.82) is 0 Å². The van der Waals surface area contributed by atoms with Gasteiger partial charge in [0.2, 0.25) is 0 Å². The Bertz CT molecular complexity index is 411. The Kier molecular flexibility index (Phi) is 5.25. The molecule has 1 aliphatic carbocycles. The lowest BCUT2D eigenvalue weighted by Crippen LogP contribution is -2.33. The average molecular weight is 261 g/mol. The second kappa shape index (κ2) is 7.17. The molecule has 0 atom stereocenters. The fraction of sp³-hybridized carbons (Fsp3) is 0.562. The summed E-state index contributed by atoms with van der Waals surface area (Å²) in [6, 6.07) is 7.76. The minimum absolute atomic E-state index is 0.0212. The molecule has 1 amide bonds. The highest BCUT2D eigenvalue weighted by atomic mass is 16.5. The molecule has 1 aromatic carbocycles. The van der Waals surface area contributed by atoms with Crippen molar-refractivity contribution >= 4 is 5.91 Å². The number of hydrogen-bond acceptors (Lipinski definition) is 2. The summed E-state index contributed by atoms with van der Waals surface area (Å²) in [4.78, 5) is 11.7. The van der Waals surface area contributed by atoms with Crippen molar-refractivity contribution < 1.29 is 9.53 Å². The standard InChI is InChI=1S/C16H23NO2/c1-13-6-5-9-15(10-13)19-12-16(18)17-11-14-7-3-2-4-8-14/h5-6,9-10,14H,2-4,7-8,11-12H2,1H3,(H,17,18). The molecule has 0 unspecified atom stereocenters. The van der Waals surface area contributed by atoms with Crippen LogP contribution >= 0.6 is 0 Å². The lowest BCUT2D eigenvalue weighted by Gasteiger charge is -2.21. The molecule has 0 spiro atoms. The van der Waals surface area contributed by atoms with E-state index in [1.807, 2.05) is 31.2 Å². The summed E-state index contributed by atoms with van der Waals surface area (Å²) in [6.45, 7) is 2.92. The molecule has 3 heteroatoms. The first-order valence-corrected chi connectivity index (χ1v) is 7.20. The van der Waals surface area contributed by atoms with Crippen LogP contribution in [0.3, 0.4) is 0 Å². The highest BCUT2D eigenvalue weighted by Gasteiger charge is 2.14. The van der Waals surface area contributed by atoms with Gasteiger partial charge in [0.25, 0.3) is 5.91 Å². The molecule has 1 aromatic rings. The van der Waals surface area contributed by atoms with Crippen molar-refractivity contribution in [2.75, 3.05) is 13.2 Å². The van der Waals surface area contributed by atoms with Crippen molar-refractivity contribution in [3.05, 3.63) is 29.8 Å². The number of aryl methyl sites for hydroxylation is 1. The summed E-state index contributed by atoms with van der Waals surface area (Å²) < 4.78 is 5.48. The fourth-order valence-electron chi connectivity index (χ4n) is 2.55. The lowest BCUT2D eigenvalue weighted by atomic mass is 9.89. The first-order chi connectivity index (χ1) is 9.24. The van der Waals surface area contributed by atoms with Crippen molar-refractivity contribution in [2.24, 2.45) is 5.92 Å². The van der Waals surface area contributed by atoms with Crippen molar-refractivity contribution in [2.45, 2.75) is 39.0 Å². The molecular formula is C16H23NO2. The van der Waals surface area contributed by atoms with E-state index in [0.717, 1.165) is 17.9 Å². The predicted octanol–water partition coefficient (Wildman–Crippen LogP) is 3.07. The normalized spacial score (nSPS) is 16.1. The molecule has 1 fully saturated rings. The van der Waals surface area contributed by atoms with Crippen molar-refractivity contribution in [1.82, 2.24) is 5.32 Å². The maximum Gasteiger partial charge on any atom is 0.257 e. The highest BCUT2D eigenvalue weighted by molar-refractivity contribution is 5.77. The van der Waals surface area contributed by atoms with Gasteiger partial charge in [-0.2, -0.15) is 0 Å². The Labute approximate surface area is 115 Å². The van der Waals surface area contributed by atoms with Crippen molar-refractivity contribution in [3.8, 4) is 5.75 Å². The molecule has 104 valence electrons. The van der Waals surface area contributed by atoms with E-state index in [9.17, 15) is 4.79 Å². The van der Waals surface area contributed by atoms with E-state index in [0.29, 0.717) is 5.92 Å². The summed E-state index contributed by atoms with van der Waals surface area (Å²) in [5, 5.41) is 2.97. The molecule has 1 aliphatic rings. The molecule has 0 aromatic heterocycles. The quantitative estimate of drug-likeness (QED) is 0.884. The fourth-order valence-corrected chi connectivity index (χ4v) is 2.55. The number of carbonyl (C=O) groups is 1. The van der Waals surface area contributed by atoms with Gasteiger partial charge in [0.05, 0.1) is 0 Å². The van der Waals surface area contributed by atoms with Crippen LogP contribution in [0.1, 0.15) is 37.7 Å². The van der Waals surface area contributed by atoms with Gasteiger partial charge in [-0.15, -0.1) is 0 Å². The van der Waals surface area contributed by atoms with Crippen LogP contribution in [0.4, 0.5) is 0 Å². The van der Waals surface area contributed by atoms with E-state index in [1.54, 1.807) is 0 Å². The first-order valence-electron chi connectivity index (χ1n) is 7.20. The minimum Gasteiger partial charge on any atom is -0.484 e. The summed E-state index contributed by atoms with van der Waals surface area (Å²) in [5.74, 6) is 1.40.